The number of nitrogens with zero attached hydrogens (tertiary/aromatic N) is 1. The number of benzene rings is 1. The molecule has 1 aromatic heterocycles. The predicted molar refractivity (Wildman–Crippen MR) is 89.2 cm³/mol. The lowest BCUT2D eigenvalue weighted by atomic mass is 9.90. The molecular weight excluding hydrogens is 280 g/mol. The second-order valence-electron chi connectivity index (χ2n) is 5.93. The Morgan fingerprint density at radius 3 is 2.76 bits per heavy atom. The second kappa shape index (κ2) is 7.05. The minimum absolute atomic E-state index is 0.0280. The van der Waals surface area contributed by atoms with E-state index in [1.165, 1.54) is 10.6 Å². The van der Waals surface area contributed by atoms with Crippen molar-refractivity contribution in [2.45, 2.75) is 39.0 Å². The highest BCUT2D eigenvalue weighted by Crippen LogP contribution is 2.30. The van der Waals surface area contributed by atoms with E-state index >= 15 is 0 Å². The van der Waals surface area contributed by atoms with Crippen molar-refractivity contribution in [3.8, 4) is 5.75 Å². The first-order valence-corrected chi connectivity index (χ1v) is 8.24. The lowest BCUT2D eigenvalue weighted by Crippen LogP contribution is -2.21. The molecule has 1 heterocycles. The summed E-state index contributed by atoms with van der Waals surface area (Å²) in [4.78, 5) is 4.70. The monoisotopic (exact) mass is 304 g/mol. The third-order valence-corrected chi connectivity index (χ3v) is 4.87. The number of hydrogen-bond donors (Lipinski definition) is 1. The van der Waals surface area contributed by atoms with E-state index in [9.17, 15) is 0 Å². The fraction of sp³-hybridized carbons (Fsp3) is 0.471. The molecule has 0 aliphatic heterocycles. The first kappa shape index (κ1) is 16.0. The molecule has 2 aromatic rings. The van der Waals surface area contributed by atoms with Gasteiger partial charge in [0.05, 0.1) is 17.3 Å². The highest BCUT2D eigenvalue weighted by molar-refractivity contribution is 7.09. The van der Waals surface area contributed by atoms with Gasteiger partial charge in [-0.25, -0.2) is 4.98 Å². The number of para-hydroxylation sites is 1. The van der Waals surface area contributed by atoms with Gasteiger partial charge in [0, 0.05) is 17.2 Å². The van der Waals surface area contributed by atoms with Gasteiger partial charge >= 0.3 is 0 Å². The summed E-state index contributed by atoms with van der Waals surface area (Å²) in [5, 5.41) is 3.28. The summed E-state index contributed by atoms with van der Waals surface area (Å²) < 4.78 is 5.91. The van der Waals surface area contributed by atoms with Crippen LogP contribution in [0.4, 0.5) is 0 Å². The Morgan fingerprint density at radius 1 is 1.29 bits per heavy atom. The van der Waals surface area contributed by atoms with Crippen LogP contribution in [0.15, 0.2) is 29.6 Å². The number of ether oxygens (including phenoxy) is 1. The highest BCUT2D eigenvalue weighted by Gasteiger charge is 2.24. The van der Waals surface area contributed by atoms with Gasteiger partial charge in [-0.15, -0.1) is 11.3 Å². The van der Waals surface area contributed by atoms with E-state index in [0.717, 1.165) is 24.3 Å². The molecule has 21 heavy (non-hydrogen) atoms. The first-order chi connectivity index (χ1) is 10.0. The third-order valence-electron chi connectivity index (χ3n) is 3.61. The average molecular weight is 304 g/mol. The van der Waals surface area contributed by atoms with Crippen LogP contribution in [0.25, 0.3) is 0 Å². The van der Waals surface area contributed by atoms with Gasteiger partial charge in [-0.05, 0) is 31.5 Å². The van der Waals surface area contributed by atoms with Crippen LogP contribution in [0.2, 0.25) is 0 Å². The number of nitrogens with two attached hydrogens (primary N) is 1. The largest absolute Gasteiger partial charge is 0.493 e. The summed E-state index contributed by atoms with van der Waals surface area (Å²) in [5.74, 6) is 0.969. The minimum Gasteiger partial charge on any atom is -0.493 e. The maximum absolute atomic E-state index is 5.91. The number of aromatic nitrogens is 1. The van der Waals surface area contributed by atoms with Crippen LogP contribution in [0.3, 0.4) is 0 Å². The van der Waals surface area contributed by atoms with Gasteiger partial charge in [-0.2, -0.15) is 0 Å². The van der Waals surface area contributed by atoms with Crippen molar-refractivity contribution < 1.29 is 4.74 Å². The summed E-state index contributed by atoms with van der Waals surface area (Å²) >= 11 is 1.72. The topological polar surface area (TPSA) is 48.1 Å². The summed E-state index contributed by atoms with van der Waals surface area (Å²) in [5.41, 5.74) is 7.89. The SMILES string of the molecule is Cc1ccccc1OCCC(C)(C)c1nc(CCN)cs1. The molecule has 0 aliphatic carbocycles. The molecular formula is C17H24N2OS. The van der Waals surface area contributed by atoms with Crippen LogP contribution in [-0.4, -0.2) is 18.1 Å². The van der Waals surface area contributed by atoms with Crippen molar-refractivity contribution in [3.05, 3.63) is 45.9 Å². The van der Waals surface area contributed by atoms with Crippen LogP contribution >= 0.6 is 11.3 Å². The maximum atomic E-state index is 5.91. The van der Waals surface area contributed by atoms with Gasteiger partial charge in [0.1, 0.15) is 5.75 Å². The molecule has 1 aromatic carbocycles. The van der Waals surface area contributed by atoms with Gasteiger partial charge in [-0.3, -0.25) is 0 Å². The summed E-state index contributed by atoms with van der Waals surface area (Å²) in [6.45, 7) is 7.86. The Morgan fingerprint density at radius 2 is 2.05 bits per heavy atom. The van der Waals surface area contributed by atoms with Crippen LogP contribution in [-0.2, 0) is 11.8 Å². The Hall–Kier alpha value is -1.39. The smallest absolute Gasteiger partial charge is 0.122 e. The van der Waals surface area contributed by atoms with Crippen LogP contribution < -0.4 is 10.5 Å². The number of aryl methyl sites for hydroxylation is 1. The Kier molecular flexibility index (Phi) is 5.37. The summed E-state index contributed by atoms with van der Waals surface area (Å²) in [6.07, 6.45) is 1.79. The van der Waals surface area contributed by atoms with E-state index in [2.05, 4.69) is 32.2 Å². The van der Waals surface area contributed by atoms with Crippen molar-refractivity contribution in [2.75, 3.05) is 13.2 Å². The molecule has 0 saturated carbocycles. The third kappa shape index (κ3) is 4.29. The number of thiazole rings is 1. The van der Waals surface area contributed by atoms with E-state index < -0.39 is 0 Å². The summed E-state index contributed by atoms with van der Waals surface area (Å²) in [6, 6.07) is 8.12. The molecule has 0 unspecified atom stereocenters. The predicted octanol–water partition coefficient (Wildman–Crippen LogP) is 3.70. The molecule has 0 bridgehead atoms. The Bertz CT molecular complexity index is 578. The summed E-state index contributed by atoms with van der Waals surface area (Å²) in [7, 11) is 0. The first-order valence-electron chi connectivity index (χ1n) is 7.36. The fourth-order valence-corrected chi connectivity index (χ4v) is 3.13. The number of hydrogen-bond acceptors (Lipinski definition) is 4. The molecule has 2 rings (SSSR count). The fourth-order valence-electron chi connectivity index (χ4n) is 2.12. The molecule has 0 amide bonds. The molecule has 0 aliphatic rings. The van der Waals surface area contributed by atoms with Crippen molar-refractivity contribution in [1.29, 1.82) is 0 Å². The molecule has 0 radical (unpaired) electrons. The van der Waals surface area contributed by atoms with E-state index in [4.69, 9.17) is 15.5 Å². The Balaban J connectivity index is 1.92. The zero-order valence-corrected chi connectivity index (χ0v) is 13.9. The lowest BCUT2D eigenvalue weighted by molar-refractivity contribution is 0.271. The minimum atomic E-state index is 0.0280. The Labute approximate surface area is 131 Å². The average Bonchev–Trinajstić information content (AvgIpc) is 2.91. The van der Waals surface area contributed by atoms with E-state index in [0.29, 0.717) is 13.2 Å². The quantitative estimate of drug-likeness (QED) is 0.848. The standard InChI is InChI=1S/C17H24N2OS/c1-13-6-4-5-7-15(13)20-11-9-17(2,3)16-19-14(8-10-18)12-21-16/h4-7,12H,8-11,18H2,1-3H3. The van der Waals surface area contributed by atoms with E-state index in [1.807, 2.05) is 18.2 Å². The molecule has 0 spiro atoms. The van der Waals surface area contributed by atoms with Gasteiger partial charge in [0.15, 0.2) is 0 Å². The molecule has 4 heteroatoms. The van der Waals surface area contributed by atoms with Gasteiger partial charge < -0.3 is 10.5 Å². The van der Waals surface area contributed by atoms with Crippen LogP contribution in [0.5, 0.6) is 5.75 Å². The van der Waals surface area contributed by atoms with Crippen molar-refractivity contribution in [3.63, 3.8) is 0 Å². The van der Waals surface area contributed by atoms with Crippen LogP contribution in [0, 0.1) is 6.92 Å². The normalized spacial score (nSPS) is 11.6. The lowest BCUT2D eigenvalue weighted by Gasteiger charge is -2.22. The molecule has 0 fully saturated rings. The zero-order chi connectivity index (χ0) is 15.3. The zero-order valence-electron chi connectivity index (χ0n) is 13.1. The van der Waals surface area contributed by atoms with Gasteiger partial charge in [0.2, 0.25) is 0 Å². The molecule has 2 N–H and O–H groups in total. The van der Waals surface area contributed by atoms with Crippen molar-refractivity contribution >= 4 is 11.3 Å². The van der Waals surface area contributed by atoms with Gasteiger partial charge in [-0.1, -0.05) is 32.0 Å². The van der Waals surface area contributed by atoms with Crippen LogP contribution in [0.1, 0.15) is 36.5 Å². The van der Waals surface area contributed by atoms with E-state index in [-0.39, 0.29) is 5.41 Å². The van der Waals surface area contributed by atoms with Gasteiger partial charge in [0.25, 0.3) is 0 Å². The van der Waals surface area contributed by atoms with Crippen molar-refractivity contribution in [1.82, 2.24) is 4.98 Å². The van der Waals surface area contributed by atoms with E-state index in [1.54, 1.807) is 11.3 Å². The maximum Gasteiger partial charge on any atom is 0.122 e. The molecule has 114 valence electrons. The molecule has 3 nitrogen and oxygen atoms in total. The highest BCUT2D eigenvalue weighted by atomic mass is 32.1. The number of rotatable bonds is 7. The second-order valence-corrected chi connectivity index (χ2v) is 6.79. The molecule has 0 saturated heterocycles. The van der Waals surface area contributed by atoms with Crippen molar-refractivity contribution in [2.24, 2.45) is 5.73 Å². The molecule has 0 atom stereocenters.